The maximum absolute atomic E-state index is 14.2. The standard InChI is InChI=1S/C35H41ClF3N7O6/c1-6-21(16-47)42-32(49)26-13-22(52-17-20-7-9-24-23(28(20)36)8-10-27(43-24)35(37,38)39)15-46(26)34(51)30(19(4)5)45-33(50)29(18(2)3)44-31(48)25-14-40-11-12-41-25/h7-12,14,16,18-19,21-22,26,29-30H,6,13,15,17H2,1-5H3,(H,42,49)(H,44,48)(H,45,50)/t21-,22+,26-,29-,30-/m0/s1. The van der Waals surface area contributed by atoms with Crippen LogP contribution < -0.4 is 16.0 Å². The third-order valence-corrected chi connectivity index (χ3v) is 9.14. The Hall–Kier alpha value is -4.70. The van der Waals surface area contributed by atoms with Crippen LogP contribution >= 0.6 is 11.6 Å². The van der Waals surface area contributed by atoms with Crippen LogP contribution in [-0.4, -0.2) is 86.6 Å². The first kappa shape index (κ1) is 40.1. The van der Waals surface area contributed by atoms with E-state index < -0.39 is 71.7 Å². The molecule has 0 aliphatic carbocycles. The fourth-order valence-electron chi connectivity index (χ4n) is 5.71. The Balaban J connectivity index is 1.54. The summed E-state index contributed by atoms with van der Waals surface area (Å²) in [7, 11) is 0. The van der Waals surface area contributed by atoms with Gasteiger partial charge in [-0.05, 0) is 42.0 Å². The molecule has 13 nitrogen and oxygen atoms in total. The number of rotatable bonds is 14. The van der Waals surface area contributed by atoms with E-state index >= 15 is 0 Å². The maximum Gasteiger partial charge on any atom is 0.433 e. The quantitative estimate of drug-likeness (QED) is 0.207. The van der Waals surface area contributed by atoms with E-state index in [2.05, 4.69) is 30.9 Å². The summed E-state index contributed by atoms with van der Waals surface area (Å²) < 4.78 is 45.6. The maximum atomic E-state index is 14.2. The third-order valence-electron chi connectivity index (χ3n) is 8.69. The number of pyridine rings is 1. The Bertz CT molecular complexity index is 1780. The highest BCUT2D eigenvalue weighted by atomic mass is 35.5. The van der Waals surface area contributed by atoms with Crippen LogP contribution in [0.4, 0.5) is 13.2 Å². The summed E-state index contributed by atoms with van der Waals surface area (Å²) in [4.78, 5) is 78.5. The van der Waals surface area contributed by atoms with Crippen molar-refractivity contribution in [3.8, 4) is 0 Å². The van der Waals surface area contributed by atoms with Crippen molar-refractivity contribution in [2.45, 2.75) is 90.5 Å². The summed E-state index contributed by atoms with van der Waals surface area (Å²) in [6, 6.07) is 0.938. The highest BCUT2D eigenvalue weighted by Gasteiger charge is 2.44. The van der Waals surface area contributed by atoms with Crippen LogP contribution in [-0.2, 0) is 36.7 Å². The first-order valence-electron chi connectivity index (χ1n) is 16.8. The number of nitrogens with zero attached hydrogens (tertiary/aromatic N) is 4. The molecule has 0 saturated carbocycles. The molecule has 3 aromatic rings. The van der Waals surface area contributed by atoms with Gasteiger partial charge >= 0.3 is 6.18 Å². The number of alkyl halides is 3. The van der Waals surface area contributed by atoms with E-state index in [0.29, 0.717) is 23.7 Å². The Morgan fingerprint density at radius 1 is 1.02 bits per heavy atom. The predicted molar refractivity (Wildman–Crippen MR) is 184 cm³/mol. The van der Waals surface area contributed by atoms with Gasteiger partial charge in [-0.25, -0.2) is 9.97 Å². The molecular weight excluding hydrogens is 707 g/mol. The molecule has 17 heteroatoms. The van der Waals surface area contributed by atoms with E-state index in [1.165, 1.54) is 41.7 Å². The minimum Gasteiger partial charge on any atom is -0.372 e. The highest BCUT2D eigenvalue weighted by molar-refractivity contribution is 6.36. The molecule has 3 heterocycles. The summed E-state index contributed by atoms with van der Waals surface area (Å²) in [6.45, 7) is 8.45. The molecule has 2 aromatic heterocycles. The van der Waals surface area contributed by atoms with Gasteiger partial charge in [0.05, 0.1) is 35.5 Å². The molecule has 0 unspecified atom stereocenters. The minimum atomic E-state index is -4.62. The van der Waals surface area contributed by atoms with Crippen LogP contribution in [0.25, 0.3) is 10.9 Å². The number of hydrogen-bond acceptors (Lipinski definition) is 9. The fourth-order valence-corrected chi connectivity index (χ4v) is 5.99. The smallest absolute Gasteiger partial charge is 0.372 e. The number of ether oxygens (including phenoxy) is 1. The van der Waals surface area contributed by atoms with Gasteiger partial charge in [-0.3, -0.25) is 24.2 Å². The van der Waals surface area contributed by atoms with E-state index in [0.717, 1.165) is 6.07 Å². The predicted octanol–water partition coefficient (Wildman–Crippen LogP) is 3.87. The molecule has 4 rings (SSSR count). The molecule has 0 bridgehead atoms. The number of aldehydes is 1. The Morgan fingerprint density at radius 3 is 2.33 bits per heavy atom. The lowest BCUT2D eigenvalue weighted by Gasteiger charge is -2.32. The van der Waals surface area contributed by atoms with Gasteiger partial charge in [0.15, 0.2) is 0 Å². The van der Waals surface area contributed by atoms with Gasteiger partial charge in [0, 0.05) is 30.7 Å². The molecule has 1 saturated heterocycles. The lowest BCUT2D eigenvalue weighted by Crippen LogP contribution is -2.59. The van der Waals surface area contributed by atoms with Crippen LogP contribution in [0.1, 0.15) is 69.2 Å². The molecule has 0 spiro atoms. The normalized spacial score (nSPS) is 17.9. The summed E-state index contributed by atoms with van der Waals surface area (Å²) in [5.74, 6) is -3.25. The average Bonchev–Trinajstić information content (AvgIpc) is 3.55. The monoisotopic (exact) mass is 747 g/mol. The second kappa shape index (κ2) is 17.2. The second-order valence-corrected chi connectivity index (χ2v) is 13.5. The molecule has 1 aromatic carbocycles. The first-order chi connectivity index (χ1) is 24.5. The number of benzene rings is 1. The molecule has 1 aliphatic rings. The minimum absolute atomic E-state index is 0.00680. The summed E-state index contributed by atoms with van der Waals surface area (Å²) in [5, 5.41) is 8.50. The van der Waals surface area contributed by atoms with E-state index in [9.17, 15) is 37.1 Å². The van der Waals surface area contributed by atoms with E-state index in [1.54, 1.807) is 34.6 Å². The van der Waals surface area contributed by atoms with Crippen LogP contribution in [0, 0.1) is 11.8 Å². The lowest BCUT2D eigenvalue weighted by atomic mass is 9.98. The molecular formula is C35H41ClF3N7O6. The van der Waals surface area contributed by atoms with Gasteiger partial charge in [-0.2, -0.15) is 13.2 Å². The molecule has 1 aliphatic heterocycles. The van der Waals surface area contributed by atoms with E-state index in [4.69, 9.17) is 16.3 Å². The highest BCUT2D eigenvalue weighted by Crippen LogP contribution is 2.33. The summed E-state index contributed by atoms with van der Waals surface area (Å²) >= 11 is 6.54. The van der Waals surface area contributed by atoms with E-state index in [1.807, 2.05) is 0 Å². The number of amides is 4. The number of halogens is 4. The zero-order valence-corrected chi connectivity index (χ0v) is 30.0. The van der Waals surface area contributed by atoms with Crippen molar-refractivity contribution in [1.82, 2.24) is 35.8 Å². The number of aromatic nitrogens is 3. The summed E-state index contributed by atoms with van der Waals surface area (Å²) in [6.07, 6.45) is -0.372. The lowest BCUT2D eigenvalue weighted by molar-refractivity contribution is -0.143. The van der Waals surface area contributed by atoms with Gasteiger partial charge in [0.2, 0.25) is 17.7 Å². The van der Waals surface area contributed by atoms with Crippen molar-refractivity contribution >= 4 is 52.4 Å². The summed E-state index contributed by atoms with van der Waals surface area (Å²) in [5.41, 5.74) is -0.549. The molecule has 52 heavy (non-hydrogen) atoms. The van der Waals surface area contributed by atoms with Crippen molar-refractivity contribution in [3.63, 3.8) is 0 Å². The first-order valence-corrected chi connectivity index (χ1v) is 17.1. The molecule has 0 radical (unpaired) electrons. The van der Waals surface area contributed by atoms with Gasteiger partial charge in [-0.15, -0.1) is 0 Å². The van der Waals surface area contributed by atoms with Gasteiger partial charge in [-0.1, -0.05) is 52.3 Å². The van der Waals surface area contributed by atoms with Crippen LogP contribution in [0.3, 0.4) is 0 Å². The number of carbonyl (C=O) groups is 5. The Morgan fingerprint density at radius 2 is 1.73 bits per heavy atom. The molecule has 280 valence electrons. The van der Waals surface area contributed by atoms with Gasteiger partial charge < -0.3 is 30.4 Å². The Kier molecular flexibility index (Phi) is 13.3. The molecule has 1 fully saturated rings. The van der Waals surface area contributed by atoms with Crippen LogP contribution in [0.2, 0.25) is 5.02 Å². The SMILES string of the molecule is CC[C@@H](C=O)NC(=O)[C@@H]1C[C@@H](OCc2ccc3nc(C(F)(F)F)ccc3c2Cl)CN1C(=O)[C@@H](NC(=O)[C@@H](NC(=O)c1cnccn1)C(C)C)C(C)C. The average molecular weight is 748 g/mol. The zero-order chi connectivity index (χ0) is 38.3. The fraction of sp³-hybridized carbons (Fsp3) is 0.486. The van der Waals surface area contributed by atoms with Crippen LogP contribution in [0.5, 0.6) is 0 Å². The number of carbonyl (C=O) groups excluding carboxylic acids is 5. The molecule has 4 amide bonds. The van der Waals surface area contributed by atoms with Crippen molar-refractivity contribution in [2.75, 3.05) is 6.54 Å². The molecule has 5 atom stereocenters. The van der Waals surface area contributed by atoms with Gasteiger partial charge in [0.25, 0.3) is 5.91 Å². The van der Waals surface area contributed by atoms with Crippen molar-refractivity contribution in [2.24, 2.45) is 11.8 Å². The number of likely N-dealkylation sites (tertiary alicyclic amines) is 1. The largest absolute Gasteiger partial charge is 0.433 e. The topological polar surface area (TPSA) is 173 Å². The van der Waals surface area contributed by atoms with Crippen LogP contribution in [0.15, 0.2) is 42.9 Å². The van der Waals surface area contributed by atoms with Crippen molar-refractivity contribution < 1.29 is 41.9 Å². The number of nitrogens with one attached hydrogen (secondary N) is 3. The Labute approximate surface area is 303 Å². The third kappa shape index (κ3) is 9.59. The van der Waals surface area contributed by atoms with E-state index in [-0.39, 0.29) is 41.7 Å². The van der Waals surface area contributed by atoms with Gasteiger partial charge in [0.1, 0.15) is 35.8 Å². The zero-order valence-electron chi connectivity index (χ0n) is 29.2. The van der Waals surface area contributed by atoms with Crippen molar-refractivity contribution in [3.05, 3.63) is 64.8 Å². The second-order valence-electron chi connectivity index (χ2n) is 13.2. The number of hydrogen-bond donors (Lipinski definition) is 3. The number of fused-ring (bicyclic) bond motifs is 1. The van der Waals surface area contributed by atoms with Crippen molar-refractivity contribution in [1.29, 1.82) is 0 Å². The molecule has 3 N–H and O–H groups in total.